The van der Waals surface area contributed by atoms with Crippen LogP contribution in [0, 0.1) is 17.3 Å². The van der Waals surface area contributed by atoms with E-state index in [9.17, 15) is 21.6 Å². The minimum atomic E-state index is -4.41. The van der Waals surface area contributed by atoms with Crippen molar-refractivity contribution in [2.24, 2.45) is 17.3 Å². The van der Waals surface area contributed by atoms with Gasteiger partial charge in [-0.05, 0) is 75.8 Å². The van der Waals surface area contributed by atoms with Gasteiger partial charge in [-0.15, -0.1) is 0 Å². The summed E-state index contributed by atoms with van der Waals surface area (Å²) in [4.78, 5) is 2.49. The number of aromatic nitrogens is 2. The van der Waals surface area contributed by atoms with E-state index in [0.29, 0.717) is 29.4 Å². The molecule has 30 heavy (non-hydrogen) atoms. The zero-order chi connectivity index (χ0) is 21.5. The van der Waals surface area contributed by atoms with Gasteiger partial charge < -0.3 is 0 Å². The summed E-state index contributed by atoms with van der Waals surface area (Å²) in [5.41, 5.74) is -0.114. The van der Waals surface area contributed by atoms with Crippen molar-refractivity contribution < 1.29 is 21.6 Å². The fourth-order valence-corrected chi connectivity index (χ4v) is 8.82. The molecule has 4 fully saturated rings. The summed E-state index contributed by atoms with van der Waals surface area (Å²) in [6, 6.07) is 1.60. The molecule has 2 aliphatic carbocycles. The van der Waals surface area contributed by atoms with E-state index in [1.54, 1.807) is 4.68 Å². The minimum Gasteiger partial charge on any atom is -0.300 e. The lowest BCUT2D eigenvalue weighted by atomic mass is 9.79. The number of hydrogen-bond donors (Lipinski definition) is 0. The molecule has 2 saturated heterocycles. The molecule has 1 spiro atoms. The van der Waals surface area contributed by atoms with E-state index in [1.165, 1.54) is 6.07 Å². The highest BCUT2D eigenvalue weighted by Crippen LogP contribution is 2.64. The van der Waals surface area contributed by atoms with Gasteiger partial charge in [0.1, 0.15) is 0 Å². The van der Waals surface area contributed by atoms with Gasteiger partial charge in [-0.3, -0.25) is 9.58 Å². The van der Waals surface area contributed by atoms with Crippen LogP contribution in [0.25, 0.3) is 0 Å². The second kappa shape index (κ2) is 6.70. The number of hydrogen-bond acceptors (Lipinski definition) is 4. The van der Waals surface area contributed by atoms with Crippen molar-refractivity contribution in [1.29, 1.82) is 0 Å². The van der Waals surface area contributed by atoms with Gasteiger partial charge >= 0.3 is 6.18 Å². The maximum Gasteiger partial charge on any atom is 0.435 e. The van der Waals surface area contributed by atoms with E-state index in [2.05, 4.69) is 10.00 Å². The first-order valence-electron chi connectivity index (χ1n) is 11.1. The Morgan fingerprint density at radius 1 is 1.20 bits per heavy atom. The van der Waals surface area contributed by atoms with Crippen LogP contribution in [0.15, 0.2) is 6.07 Å². The fraction of sp³-hybridized carbons (Fsp3) is 0.857. The third-order valence-corrected chi connectivity index (χ3v) is 9.86. The molecule has 0 aromatic carbocycles. The van der Waals surface area contributed by atoms with Crippen molar-refractivity contribution in [2.45, 2.75) is 70.1 Å². The second-order valence-corrected chi connectivity index (χ2v) is 12.6. The predicted octanol–water partition coefficient (Wildman–Crippen LogP) is 3.88. The van der Waals surface area contributed by atoms with Crippen LogP contribution in [0.5, 0.6) is 0 Å². The summed E-state index contributed by atoms with van der Waals surface area (Å²) >= 11 is 0. The highest BCUT2D eigenvalue weighted by Gasteiger charge is 2.60. The van der Waals surface area contributed by atoms with Gasteiger partial charge in [0.05, 0.1) is 11.5 Å². The summed E-state index contributed by atoms with van der Waals surface area (Å²) < 4.78 is 65.3. The Morgan fingerprint density at radius 2 is 1.90 bits per heavy atom. The molecule has 5 atom stereocenters. The van der Waals surface area contributed by atoms with Crippen LogP contribution in [-0.2, 0) is 16.0 Å². The number of halogens is 3. The molecule has 5 rings (SSSR count). The number of alkyl halides is 3. The van der Waals surface area contributed by atoms with Crippen LogP contribution in [-0.4, -0.2) is 53.7 Å². The second-order valence-electron chi connectivity index (χ2n) is 10.4. The molecule has 168 valence electrons. The molecule has 0 amide bonds. The van der Waals surface area contributed by atoms with E-state index in [0.717, 1.165) is 50.9 Å². The Bertz CT molecular complexity index is 930. The van der Waals surface area contributed by atoms with Crippen LogP contribution in [0.1, 0.15) is 69.3 Å². The summed E-state index contributed by atoms with van der Waals surface area (Å²) in [5.74, 6) is 1.68. The van der Waals surface area contributed by atoms with E-state index in [4.69, 9.17) is 0 Å². The SMILES string of the molecule is CC(C)n1nc(C(F)(F)F)cc1C1[C@H]2CC(N3CCC[C@@]4(CCS(=O)(=O)C4)C3)C[C@@H]12. The number of likely N-dealkylation sites (tertiary alicyclic amines) is 1. The van der Waals surface area contributed by atoms with Crippen LogP contribution in [0.4, 0.5) is 13.2 Å². The quantitative estimate of drug-likeness (QED) is 0.709. The summed E-state index contributed by atoms with van der Waals surface area (Å²) in [5, 5.41) is 3.86. The lowest BCUT2D eigenvalue weighted by Crippen LogP contribution is -2.48. The predicted molar refractivity (Wildman–Crippen MR) is 107 cm³/mol. The molecule has 2 saturated carbocycles. The van der Waals surface area contributed by atoms with Crippen molar-refractivity contribution >= 4 is 9.84 Å². The molecule has 0 N–H and O–H groups in total. The third kappa shape index (κ3) is 3.49. The molecular weight excluding hydrogens is 415 g/mol. The van der Waals surface area contributed by atoms with Gasteiger partial charge in [0.25, 0.3) is 0 Å². The molecule has 5 nitrogen and oxygen atoms in total. The number of rotatable bonds is 3. The molecule has 3 heterocycles. The molecule has 2 unspecified atom stereocenters. The first-order valence-corrected chi connectivity index (χ1v) is 12.9. The third-order valence-electron chi connectivity index (χ3n) is 7.98. The molecule has 0 radical (unpaired) electrons. The summed E-state index contributed by atoms with van der Waals surface area (Å²) in [7, 11) is -2.90. The first-order chi connectivity index (χ1) is 14.0. The van der Waals surface area contributed by atoms with Crippen LogP contribution < -0.4 is 0 Å². The van der Waals surface area contributed by atoms with Crippen molar-refractivity contribution in [3.8, 4) is 0 Å². The largest absolute Gasteiger partial charge is 0.435 e. The van der Waals surface area contributed by atoms with Crippen molar-refractivity contribution in [3.05, 3.63) is 17.5 Å². The zero-order valence-electron chi connectivity index (χ0n) is 17.5. The Hall–Kier alpha value is -1.09. The van der Waals surface area contributed by atoms with Crippen LogP contribution in [0.2, 0.25) is 0 Å². The Labute approximate surface area is 175 Å². The molecule has 1 aromatic rings. The molecule has 1 aromatic heterocycles. The normalized spacial score (nSPS) is 38.5. The number of nitrogens with zero attached hydrogens (tertiary/aromatic N) is 3. The Balaban J connectivity index is 1.27. The smallest absolute Gasteiger partial charge is 0.300 e. The van der Waals surface area contributed by atoms with Crippen LogP contribution in [0.3, 0.4) is 0 Å². The van der Waals surface area contributed by atoms with Gasteiger partial charge in [-0.1, -0.05) is 0 Å². The lowest BCUT2D eigenvalue weighted by Gasteiger charge is -2.43. The van der Waals surface area contributed by atoms with Gasteiger partial charge in [-0.2, -0.15) is 18.3 Å². The molecule has 4 aliphatic rings. The molecule has 0 bridgehead atoms. The molecule has 9 heteroatoms. The van der Waals surface area contributed by atoms with Gasteiger partial charge in [0.2, 0.25) is 0 Å². The minimum absolute atomic E-state index is 0.0683. The highest BCUT2D eigenvalue weighted by atomic mass is 32.2. The average Bonchev–Trinajstić information content (AvgIpc) is 3.03. The van der Waals surface area contributed by atoms with Gasteiger partial charge in [0.15, 0.2) is 15.5 Å². The maximum atomic E-state index is 13.2. The molecule has 2 aliphatic heterocycles. The number of sulfone groups is 1. The van der Waals surface area contributed by atoms with E-state index >= 15 is 0 Å². The van der Waals surface area contributed by atoms with Crippen molar-refractivity contribution in [3.63, 3.8) is 0 Å². The van der Waals surface area contributed by atoms with Gasteiger partial charge in [-0.25, -0.2) is 8.42 Å². The van der Waals surface area contributed by atoms with Crippen LogP contribution >= 0.6 is 0 Å². The Morgan fingerprint density at radius 3 is 2.47 bits per heavy atom. The van der Waals surface area contributed by atoms with Gasteiger partial charge in [0, 0.05) is 30.2 Å². The highest BCUT2D eigenvalue weighted by molar-refractivity contribution is 7.91. The lowest BCUT2D eigenvalue weighted by molar-refractivity contribution is -0.141. The summed E-state index contributed by atoms with van der Waals surface area (Å²) in [6.07, 6.45) is 0.414. The monoisotopic (exact) mass is 445 g/mol. The topological polar surface area (TPSA) is 55.2 Å². The van der Waals surface area contributed by atoms with E-state index in [1.807, 2.05) is 13.8 Å². The maximum absolute atomic E-state index is 13.2. The number of fused-ring (bicyclic) bond motifs is 1. The fourth-order valence-electron chi connectivity index (χ4n) is 6.62. The Kier molecular flexibility index (Phi) is 4.65. The van der Waals surface area contributed by atoms with E-state index in [-0.39, 0.29) is 17.4 Å². The number of piperidine rings is 1. The van der Waals surface area contributed by atoms with E-state index < -0.39 is 21.7 Å². The average molecular weight is 446 g/mol. The van der Waals surface area contributed by atoms with Crippen molar-refractivity contribution in [1.82, 2.24) is 14.7 Å². The van der Waals surface area contributed by atoms with Crippen molar-refractivity contribution in [2.75, 3.05) is 24.6 Å². The first kappa shape index (κ1) is 20.8. The molecular formula is C21H30F3N3O2S. The summed E-state index contributed by atoms with van der Waals surface area (Å²) in [6.45, 7) is 5.63. The zero-order valence-corrected chi connectivity index (χ0v) is 18.3. The standard InChI is InChI=1S/C21H30F3N3O2S/c1-13(2)27-17(10-18(25-27)21(22,23)24)19-15-8-14(9-16(15)19)26-6-3-4-20(11-26)5-7-30(28,29)12-20/h10,13-16,19H,3-9,11-12H2,1-2H3/t14?,15-,16+,19?,20-/m1/s1.